The van der Waals surface area contributed by atoms with E-state index in [9.17, 15) is 9.90 Å². The molecule has 0 saturated carbocycles. The summed E-state index contributed by atoms with van der Waals surface area (Å²) in [7, 11) is -0.626. The zero-order chi connectivity index (χ0) is 17.5. The highest BCUT2D eigenvalue weighted by Gasteiger charge is 2.54. The predicted molar refractivity (Wildman–Crippen MR) is 92.8 cm³/mol. The fourth-order valence-electron chi connectivity index (χ4n) is 3.02. The van der Waals surface area contributed by atoms with Crippen LogP contribution < -0.4 is 0 Å². The van der Waals surface area contributed by atoms with Crippen LogP contribution in [0.3, 0.4) is 0 Å². The molecule has 1 atom stereocenters. The molecule has 126 valence electrons. The van der Waals surface area contributed by atoms with Gasteiger partial charge < -0.3 is 14.4 Å². The number of nitrogens with zero attached hydrogens (tertiary/aromatic N) is 1. The molecule has 1 saturated heterocycles. The summed E-state index contributed by atoms with van der Waals surface area (Å²) in [5, 5.41) is 10.4. The number of aliphatic carboxylic acids is 1. The van der Waals surface area contributed by atoms with Crippen LogP contribution in [0.25, 0.3) is 10.9 Å². The Kier molecular flexibility index (Phi) is 4.14. The summed E-state index contributed by atoms with van der Waals surface area (Å²) in [6.45, 7) is 7.86. The summed E-state index contributed by atoms with van der Waals surface area (Å²) in [6.07, 6.45) is 1.64. The molecule has 1 unspecified atom stereocenters. The number of aromatic nitrogens is 1. The van der Waals surface area contributed by atoms with Crippen LogP contribution in [0.15, 0.2) is 36.5 Å². The Balaban J connectivity index is 2.06. The Morgan fingerprint density at radius 2 is 1.79 bits per heavy atom. The zero-order valence-electron chi connectivity index (χ0n) is 14.4. The summed E-state index contributed by atoms with van der Waals surface area (Å²) >= 11 is 0. The fraction of sp³-hybridized carbons (Fsp3) is 0.444. The van der Waals surface area contributed by atoms with Gasteiger partial charge in [0, 0.05) is 17.4 Å². The van der Waals surface area contributed by atoms with Gasteiger partial charge in [0.25, 0.3) is 0 Å². The molecule has 2 heterocycles. The second-order valence-corrected chi connectivity index (χ2v) is 7.25. The van der Waals surface area contributed by atoms with Crippen LogP contribution in [0.1, 0.15) is 45.5 Å². The first-order valence-electron chi connectivity index (χ1n) is 8.12. The molecule has 1 aliphatic rings. The standard InChI is InChI=1S/C18H22BNO4/c1-17(2)18(3,4)24-19(23-17)14(11-15(21)22)13-9-5-7-12-8-6-10-20-16(12)13/h5-10,14H,11H2,1-4H3,(H,21,22). The van der Waals surface area contributed by atoms with Crippen molar-refractivity contribution in [3.63, 3.8) is 0 Å². The monoisotopic (exact) mass is 327 g/mol. The lowest BCUT2D eigenvalue weighted by Crippen LogP contribution is -2.41. The Bertz CT molecular complexity index is 753. The number of para-hydroxylation sites is 1. The van der Waals surface area contributed by atoms with E-state index in [1.165, 1.54) is 0 Å². The molecule has 5 nitrogen and oxygen atoms in total. The number of rotatable bonds is 4. The van der Waals surface area contributed by atoms with Crippen LogP contribution in [0.5, 0.6) is 0 Å². The first-order chi connectivity index (χ1) is 11.2. The summed E-state index contributed by atoms with van der Waals surface area (Å²) in [6, 6.07) is 9.63. The van der Waals surface area contributed by atoms with Crippen molar-refractivity contribution in [3.05, 3.63) is 42.1 Å². The van der Waals surface area contributed by atoms with Crippen molar-refractivity contribution in [1.82, 2.24) is 4.98 Å². The van der Waals surface area contributed by atoms with E-state index in [0.29, 0.717) is 0 Å². The van der Waals surface area contributed by atoms with Gasteiger partial charge in [0.15, 0.2) is 0 Å². The third-order valence-electron chi connectivity index (χ3n) is 5.06. The summed E-state index contributed by atoms with van der Waals surface area (Å²) < 4.78 is 12.2. The lowest BCUT2D eigenvalue weighted by molar-refractivity contribution is -0.137. The third kappa shape index (κ3) is 2.92. The van der Waals surface area contributed by atoms with Crippen molar-refractivity contribution in [1.29, 1.82) is 0 Å². The van der Waals surface area contributed by atoms with Gasteiger partial charge in [-0.3, -0.25) is 9.78 Å². The summed E-state index contributed by atoms with van der Waals surface area (Å²) in [5.41, 5.74) is 0.619. The number of hydrogen-bond donors (Lipinski definition) is 1. The van der Waals surface area contributed by atoms with E-state index < -0.39 is 30.1 Å². The maximum Gasteiger partial charge on any atom is 0.466 e. The van der Waals surface area contributed by atoms with Gasteiger partial charge in [0.2, 0.25) is 0 Å². The minimum absolute atomic E-state index is 0.0769. The lowest BCUT2D eigenvalue weighted by Gasteiger charge is -2.32. The van der Waals surface area contributed by atoms with Gasteiger partial charge in [-0.2, -0.15) is 0 Å². The number of carbonyl (C=O) groups is 1. The Morgan fingerprint density at radius 3 is 2.42 bits per heavy atom. The lowest BCUT2D eigenvalue weighted by atomic mass is 9.65. The van der Waals surface area contributed by atoms with Crippen LogP contribution in [0.2, 0.25) is 0 Å². The maximum absolute atomic E-state index is 11.5. The van der Waals surface area contributed by atoms with E-state index in [2.05, 4.69) is 4.98 Å². The molecule has 0 aliphatic carbocycles. The summed E-state index contributed by atoms with van der Waals surface area (Å²) in [4.78, 5) is 15.9. The Hall–Kier alpha value is -1.92. The molecule has 0 spiro atoms. The van der Waals surface area contributed by atoms with E-state index in [0.717, 1.165) is 16.5 Å². The van der Waals surface area contributed by atoms with E-state index in [-0.39, 0.29) is 6.42 Å². The quantitative estimate of drug-likeness (QED) is 0.872. The van der Waals surface area contributed by atoms with Gasteiger partial charge in [-0.1, -0.05) is 24.3 Å². The minimum Gasteiger partial charge on any atom is -0.481 e. The average molecular weight is 327 g/mol. The molecule has 0 radical (unpaired) electrons. The van der Waals surface area contributed by atoms with Crippen LogP contribution in [0, 0.1) is 0 Å². The number of carboxylic acid groups (broad SMARTS) is 1. The van der Waals surface area contributed by atoms with Crippen molar-refractivity contribution >= 4 is 24.0 Å². The van der Waals surface area contributed by atoms with Crippen LogP contribution >= 0.6 is 0 Å². The number of fused-ring (bicyclic) bond motifs is 1. The van der Waals surface area contributed by atoms with E-state index in [4.69, 9.17) is 9.31 Å². The van der Waals surface area contributed by atoms with Gasteiger partial charge in [0.05, 0.1) is 23.1 Å². The highest BCUT2D eigenvalue weighted by Crippen LogP contribution is 2.42. The van der Waals surface area contributed by atoms with Crippen LogP contribution in [-0.4, -0.2) is 34.4 Å². The molecule has 0 bridgehead atoms. The fourth-order valence-corrected chi connectivity index (χ4v) is 3.02. The van der Waals surface area contributed by atoms with Gasteiger partial charge >= 0.3 is 13.1 Å². The van der Waals surface area contributed by atoms with Crippen molar-refractivity contribution < 1.29 is 19.2 Å². The van der Waals surface area contributed by atoms with E-state index in [1.807, 2.05) is 58.0 Å². The molecule has 2 aromatic rings. The molecule has 1 aliphatic heterocycles. The first-order valence-corrected chi connectivity index (χ1v) is 8.12. The van der Waals surface area contributed by atoms with Crippen molar-refractivity contribution in [2.75, 3.05) is 0 Å². The highest BCUT2D eigenvalue weighted by molar-refractivity contribution is 6.48. The van der Waals surface area contributed by atoms with Crippen LogP contribution in [0.4, 0.5) is 0 Å². The molecule has 1 N–H and O–H groups in total. The predicted octanol–water partition coefficient (Wildman–Crippen LogP) is 3.42. The molecule has 1 aromatic carbocycles. The number of hydrogen-bond acceptors (Lipinski definition) is 4. The molecular formula is C18H22BNO4. The number of pyridine rings is 1. The van der Waals surface area contributed by atoms with E-state index >= 15 is 0 Å². The normalized spacial score (nSPS) is 20.2. The SMILES string of the molecule is CC1(C)OB(C(CC(=O)O)c2cccc3cccnc23)OC1(C)C. The van der Waals surface area contributed by atoms with Gasteiger partial charge in [-0.25, -0.2) is 0 Å². The molecule has 1 fully saturated rings. The smallest absolute Gasteiger partial charge is 0.466 e. The van der Waals surface area contributed by atoms with E-state index in [1.54, 1.807) is 6.20 Å². The van der Waals surface area contributed by atoms with Crippen molar-refractivity contribution in [2.45, 2.75) is 51.1 Å². The molecule has 24 heavy (non-hydrogen) atoms. The second kappa shape index (κ2) is 5.86. The first kappa shape index (κ1) is 16.9. The molecule has 6 heteroatoms. The second-order valence-electron chi connectivity index (χ2n) is 7.25. The minimum atomic E-state index is -0.886. The van der Waals surface area contributed by atoms with Gasteiger partial charge in [-0.05, 0) is 39.3 Å². The summed E-state index contributed by atoms with van der Waals surface area (Å²) in [5.74, 6) is -1.32. The van der Waals surface area contributed by atoms with Crippen molar-refractivity contribution in [2.24, 2.45) is 0 Å². The van der Waals surface area contributed by atoms with Crippen molar-refractivity contribution in [3.8, 4) is 0 Å². The molecule has 1 aromatic heterocycles. The zero-order valence-corrected chi connectivity index (χ0v) is 14.4. The highest BCUT2D eigenvalue weighted by atomic mass is 16.7. The Morgan fingerprint density at radius 1 is 1.17 bits per heavy atom. The number of carboxylic acids is 1. The third-order valence-corrected chi connectivity index (χ3v) is 5.06. The van der Waals surface area contributed by atoms with Gasteiger partial charge in [0.1, 0.15) is 0 Å². The van der Waals surface area contributed by atoms with Gasteiger partial charge in [-0.15, -0.1) is 0 Å². The number of benzene rings is 1. The molecule has 3 rings (SSSR count). The average Bonchev–Trinajstić information content (AvgIpc) is 2.72. The largest absolute Gasteiger partial charge is 0.481 e. The molecule has 0 amide bonds. The maximum atomic E-state index is 11.5. The topological polar surface area (TPSA) is 68.7 Å². The molecular weight excluding hydrogens is 305 g/mol. The van der Waals surface area contributed by atoms with Crippen LogP contribution in [-0.2, 0) is 14.1 Å². The Labute approximate surface area is 142 Å².